The van der Waals surface area contributed by atoms with Gasteiger partial charge in [0.1, 0.15) is 12.1 Å². The zero-order valence-electron chi connectivity index (χ0n) is 14.8. The maximum absolute atomic E-state index is 12.8. The van der Waals surface area contributed by atoms with Gasteiger partial charge < -0.3 is 15.1 Å². The van der Waals surface area contributed by atoms with E-state index < -0.39 is 0 Å². The van der Waals surface area contributed by atoms with Crippen molar-refractivity contribution in [1.82, 2.24) is 24.8 Å². The van der Waals surface area contributed by atoms with Crippen molar-refractivity contribution < 1.29 is 0 Å². The molecule has 1 saturated heterocycles. The molecule has 0 spiro atoms. The summed E-state index contributed by atoms with van der Waals surface area (Å²) in [5.74, 6) is 0.966. The Morgan fingerprint density at radius 2 is 1.96 bits per heavy atom. The number of fused-ring (bicyclic) bond motifs is 1. The van der Waals surface area contributed by atoms with Crippen LogP contribution < -0.4 is 15.8 Å². The van der Waals surface area contributed by atoms with Gasteiger partial charge in [0, 0.05) is 44.3 Å². The van der Waals surface area contributed by atoms with Crippen LogP contribution in [0.4, 0.5) is 5.82 Å². The van der Waals surface area contributed by atoms with Gasteiger partial charge in [0.15, 0.2) is 0 Å². The van der Waals surface area contributed by atoms with E-state index in [-0.39, 0.29) is 5.56 Å². The molecule has 1 fully saturated rings. The van der Waals surface area contributed by atoms with Crippen LogP contribution in [-0.2, 0) is 13.0 Å². The van der Waals surface area contributed by atoms with Crippen molar-refractivity contribution in [2.45, 2.75) is 25.9 Å². The molecule has 7 heteroatoms. The van der Waals surface area contributed by atoms with Crippen LogP contribution in [0.2, 0.25) is 0 Å². The van der Waals surface area contributed by atoms with Crippen molar-refractivity contribution in [3.63, 3.8) is 0 Å². The summed E-state index contributed by atoms with van der Waals surface area (Å²) in [4.78, 5) is 26.5. The molecule has 4 heterocycles. The quantitative estimate of drug-likeness (QED) is 0.854. The molecule has 132 valence electrons. The molecule has 1 atom stereocenters. The summed E-state index contributed by atoms with van der Waals surface area (Å²) < 4.78 is 1.61. The SMILES string of the molecule is CC1Cc2c(ncn(-c3ccc(N4CCN(C)CC4)nc3)c2=O)CN1. The first-order chi connectivity index (χ1) is 12.1. The molecule has 0 amide bonds. The number of hydrogen-bond donors (Lipinski definition) is 1. The molecular formula is C18H24N6O. The van der Waals surface area contributed by atoms with Crippen molar-refractivity contribution in [2.75, 3.05) is 38.1 Å². The van der Waals surface area contributed by atoms with Gasteiger partial charge in [-0.1, -0.05) is 0 Å². The summed E-state index contributed by atoms with van der Waals surface area (Å²) in [6.45, 7) is 6.80. The van der Waals surface area contributed by atoms with Gasteiger partial charge >= 0.3 is 0 Å². The number of nitrogens with one attached hydrogen (secondary N) is 1. The predicted molar refractivity (Wildman–Crippen MR) is 97.3 cm³/mol. The molecule has 4 rings (SSSR count). The molecule has 2 aromatic heterocycles. The Morgan fingerprint density at radius 1 is 1.16 bits per heavy atom. The molecule has 2 aliphatic heterocycles. The Balaban J connectivity index is 1.60. The lowest BCUT2D eigenvalue weighted by molar-refractivity contribution is 0.312. The third-order valence-corrected chi connectivity index (χ3v) is 5.12. The van der Waals surface area contributed by atoms with Gasteiger partial charge in [-0.3, -0.25) is 9.36 Å². The maximum atomic E-state index is 12.8. The standard InChI is InChI=1S/C18H24N6O/c1-13-9-15-16(11-19-13)21-12-24(18(15)25)14-3-4-17(20-10-14)23-7-5-22(2)6-8-23/h3-4,10,12-13,19H,5-9,11H2,1-2H3. The molecule has 0 aromatic carbocycles. The number of piperazine rings is 1. The number of pyridine rings is 1. The Labute approximate surface area is 147 Å². The van der Waals surface area contributed by atoms with Crippen LogP contribution >= 0.6 is 0 Å². The number of anilines is 1. The van der Waals surface area contributed by atoms with Gasteiger partial charge in [0.2, 0.25) is 0 Å². The lowest BCUT2D eigenvalue weighted by atomic mass is 10.0. The van der Waals surface area contributed by atoms with Crippen molar-refractivity contribution >= 4 is 5.82 Å². The summed E-state index contributed by atoms with van der Waals surface area (Å²) in [7, 11) is 2.14. The van der Waals surface area contributed by atoms with E-state index in [1.165, 1.54) is 0 Å². The summed E-state index contributed by atoms with van der Waals surface area (Å²) in [6.07, 6.45) is 4.10. The van der Waals surface area contributed by atoms with Gasteiger partial charge in [-0.2, -0.15) is 0 Å². The van der Waals surface area contributed by atoms with E-state index in [9.17, 15) is 4.79 Å². The van der Waals surface area contributed by atoms with Gasteiger partial charge in [0.05, 0.1) is 17.6 Å². The highest BCUT2D eigenvalue weighted by Gasteiger charge is 2.20. The van der Waals surface area contributed by atoms with Crippen LogP contribution in [0.15, 0.2) is 29.5 Å². The number of aromatic nitrogens is 3. The number of likely N-dealkylation sites (N-methyl/N-ethyl adjacent to an activating group) is 1. The minimum atomic E-state index is 0.0208. The first kappa shape index (κ1) is 16.2. The van der Waals surface area contributed by atoms with Gasteiger partial charge in [-0.15, -0.1) is 0 Å². The second-order valence-electron chi connectivity index (χ2n) is 7.00. The van der Waals surface area contributed by atoms with Crippen molar-refractivity contribution in [1.29, 1.82) is 0 Å². The summed E-state index contributed by atoms with van der Waals surface area (Å²) in [5.41, 5.74) is 2.47. The molecule has 0 radical (unpaired) electrons. The normalized spacial score (nSPS) is 21.2. The average Bonchev–Trinajstić information content (AvgIpc) is 2.63. The minimum absolute atomic E-state index is 0.0208. The summed E-state index contributed by atoms with van der Waals surface area (Å²) in [5, 5.41) is 3.34. The number of nitrogens with zero attached hydrogens (tertiary/aromatic N) is 5. The number of rotatable bonds is 2. The van der Waals surface area contributed by atoms with Crippen molar-refractivity contribution in [2.24, 2.45) is 0 Å². The second kappa shape index (κ2) is 6.57. The molecule has 2 aromatic rings. The highest BCUT2D eigenvalue weighted by Crippen LogP contribution is 2.16. The fourth-order valence-corrected chi connectivity index (χ4v) is 3.46. The largest absolute Gasteiger partial charge is 0.354 e. The maximum Gasteiger partial charge on any atom is 0.261 e. The smallest absolute Gasteiger partial charge is 0.261 e. The molecule has 0 saturated carbocycles. The zero-order valence-corrected chi connectivity index (χ0v) is 14.8. The first-order valence-electron chi connectivity index (χ1n) is 8.84. The molecule has 1 unspecified atom stereocenters. The van der Waals surface area contributed by atoms with E-state index >= 15 is 0 Å². The Kier molecular flexibility index (Phi) is 4.27. The zero-order chi connectivity index (χ0) is 17.4. The Hall–Kier alpha value is -2.25. The third-order valence-electron chi connectivity index (χ3n) is 5.12. The van der Waals surface area contributed by atoms with Crippen LogP contribution in [0.3, 0.4) is 0 Å². The molecule has 1 N–H and O–H groups in total. The molecule has 25 heavy (non-hydrogen) atoms. The highest BCUT2D eigenvalue weighted by atomic mass is 16.1. The predicted octanol–water partition coefficient (Wildman–Crippen LogP) is 0.414. The molecule has 2 aliphatic rings. The van der Waals surface area contributed by atoms with E-state index in [1.807, 2.05) is 12.1 Å². The lowest BCUT2D eigenvalue weighted by Crippen LogP contribution is -2.44. The van der Waals surface area contributed by atoms with E-state index in [2.05, 4.69) is 39.1 Å². The minimum Gasteiger partial charge on any atom is -0.354 e. The van der Waals surface area contributed by atoms with Crippen LogP contribution in [-0.4, -0.2) is 58.7 Å². The molecule has 7 nitrogen and oxygen atoms in total. The van der Waals surface area contributed by atoms with E-state index in [0.717, 1.165) is 55.4 Å². The summed E-state index contributed by atoms with van der Waals surface area (Å²) >= 11 is 0. The van der Waals surface area contributed by atoms with E-state index in [4.69, 9.17) is 0 Å². The topological polar surface area (TPSA) is 66.3 Å². The monoisotopic (exact) mass is 340 g/mol. The van der Waals surface area contributed by atoms with Gasteiger partial charge in [-0.25, -0.2) is 9.97 Å². The second-order valence-corrected chi connectivity index (χ2v) is 7.00. The van der Waals surface area contributed by atoms with E-state index in [1.54, 1.807) is 17.1 Å². The van der Waals surface area contributed by atoms with Crippen LogP contribution in [0, 0.1) is 0 Å². The fourth-order valence-electron chi connectivity index (χ4n) is 3.46. The molecule has 0 aliphatic carbocycles. The lowest BCUT2D eigenvalue weighted by Gasteiger charge is -2.33. The van der Waals surface area contributed by atoms with E-state index in [0.29, 0.717) is 12.6 Å². The number of hydrogen-bond acceptors (Lipinski definition) is 6. The van der Waals surface area contributed by atoms with Crippen LogP contribution in [0.1, 0.15) is 18.2 Å². The molecule has 0 bridgehead atoms. The van der Waals surface area contributed by atoms with Crippen molar-refractivity contribution in [3.8, 4) is 5.69 Å². The summed E-state index contributed by atoms with van der Waals surface area (Å²) in [6, 6.07) is 4.26. The molecular weight excluding hydrogens is 316 g/mol. The highest BCUT2D eigenvalue weighted by molar-refractivity contribution is 5.44. The first-order valence-corrected chi connectivity index (χ1v) is 8.84. The third kappa shape index (κ3) is 3.17. The fraction of sp³-hybridized carbons (Fsp3) is 0.500. The van der Waals surface area contributed by atoms with Gasteiger partial charge in [0.25, 0.3) is 5.56 Å². The van der Waals surface area contributed by atoms with Crippen molar-refractivity contribution in [3.05, 3.63) is 46.3 Å². The van der Waals surface area contributed by atoms with Gasteiger partial charge in [-0.05, 0) is 32.5 Å². The Bertz CT molecular complexity index is 807. The average molecular weight is 340 g/mol. The van der Waals surface area contributed by atoms with Crippen LogP contribution in [0.5, 0.6) is 0 Å². The Morgan fingerprint density at radius 3 is 2.68 bits per heavy atom. The van der Waals surface area contributed by atoms with Crippen LogP contribution in [0.25, 0.3) is 5.69 Å².